The van der Waals surface area contributed by atoms with Crippen molar-refractivity contribution in [3.63, 3.8) is 0 Å². The summed E-state index contributed by atoms with van der Waals surface area (Å²) in [7, 11) is 1.75. The molecule has 0 bridgehead atoms. The van der Waals surface area contributed by atoms with Crippen molar-refractivity contribution in [2.75, 3.05) is 6.61 Å². The van der Waals surface area contributed by atoms with Gasteiger partial charge in [-0.1, -0.05) is 36.5 Å². The molecule has 0 aliphatic rings. The second-order valence-electron chi connectivity index (χ2n) is 6.03. The average Bonchev–Trinajstić information content (AvgIpc) is 2.98. The Balaban J connectivity index is 2.27. The lowest BCUT2D eigenvalue weighted by Crippen LogP contribution is -2.13. The molecule has 0 amide bonds. The third kappa shape index (κ3) is 3.73. The second kappa shape index (κ2) is 8.15. The predicted molar refractivity (Wildman–Crippen MR) is 109 cm³/mol. The summed E-state index contributed by atoms with van der Waals surface area (Å²) in [5, 5.41) is 4.83. The summed E-state index contributed by atoms with van der Waals surface area (Å²) in [5.41, 5.74) is 4.24. The quantitative estimate of drug-likeness (QED) is 0.655. The number of halogens is 2. The molecule has 0 aliphatic carbocycles. The molecule has 0 unspecified atom stereocenters. The van der Waals surface area contributed by atoms with Crippen LogP contribution in [-0.2, 0) is 13.5 Å². The van der Waals surface area contributed by atoms with Crippen LogP contribution in [-0.4, -0.2) is 26.4 Å². The van der Waals surface area contributed by atoms with Crippen LogP contribution in [0.15, 0.2) is 28.5 Å². The Hall–Kier alpha value is -2.31. The van der Waals surface area contributed by atoms with Gasteiger partial charge >= 0.3 is 0 Å². The third-order valence-electron chi connectivity index (χ3n) is 4.16. The first-order chi connectivity index (χ1) is 13.0. The molecule has 6 nitrogen and oxygen atoms in total. The lowest BCUT2D eigenvalue weighted by Gasteiger charge is -2.11. The molecule has 8 heteroatoms. The van der Waals surface area contributed by atoms with Crippen molar-refractivity contribution in [3.05, 3.63) is 45.3 Å². The van der Waals surface area contributed by atoms with Gasteiger partial charge in [0.2, 0.25) is 0 Å². The molecule has 0 saturated heterocycles. The Bertz CT molecular complexity index is 1070. The number of hydrogen-bond donors (Lipinski definition) is 1. The highest BCUT2D eigenvalue weighted by molar-refractivity contribution is 6.52. The van der Waals surface area contributed by atoms with E-state index in [1.807, 2.05) is 6.92 Å². The first-order valence-electron chi connectivity index (χ1n) is 8.69. The summed E-state index contributed by atoms with van der Waals surface area (Å²) in [6.45, 7) is 4.43. The molecule has 3 aromatic rings. The van der Waals surface area contributed by atoms with Crippen LogP contribution in [0.4, 0.5) is 0 Å². The molecule has 0 radical (unpaired) electrons. The normalized spacial score (nSPS) is 12.0. The van der Waals surface area contributed by atoms with E-state index in [1.165, 1.54) is 5.54 Å². The maximum atomic E-state index is 12.7. The van der Waals surface area contributed by atoms with Crippen LogP contribution in [0.1, 0.15) is 31.5 Å². The van der Waals surface area contributed by atoms with Gasteiger partial charge in [-0.2, -0.15) is 5.10 Å². The van der Waals surface area contributed by atoms with E-state index in [4.69, 9.17) is 32.9 Å². The zero-order valence-electron chi connectivity index (χ0n) is 15.3. The minimum absolute atomic E-state index is 0.251. The number of benzene rings is 1. The average molecular weight is 407 g/mol. The number of H-pyrrole nitrogens is 1. The van der Waals surface area contributed by atoms with Crippen molar-refractivity contribution < 1.29 is 4.74 Å². The number of nitrogens with one attached hydrogen (secondary N) is 1. The number of aromatic nitrogens is 4. The monoisotopic (exact) mass is 406 g/mol. The Labute approximate surface area is 166 Å². The van der Waals surface area contributed by atoms with Crippen molar-refractivity contribution in [1.29, 1.82) is 0 Å². The van der Waals surface area contributed by atoms with Crippen LogP contribution in [0.25, 0.3) is 27.5 Å². The minimum Gasteiger partial charge on any atom is -0.493 e. The molecule has 3 rings (SSSR count). The van der Waals surface area contributed by atoms with Crippen molar-refractivity contribution >= 4 is 39.3 Å². The number of ether oxygens (including phenoxy) is 1. The molecule has 2 aromatic heterocycles. The summed E-state index contributed by atoms with van der Waals surface area (Å²) < 4.78 is 7.29. The van der Waals surface area contributed by atoms with Crippen LogP contribution >= 0.6 is 23.2 Å². The highest BCUT2D eigenvalue weighted by Gasteiger charge is 2.18. The Kier molecular flexibility index (Phi) is 5.87. The first kappa shape index (κ1) is 19.5. The summed E-state index contributed by atoms with van der Waals surface area (Å²) in [6.07, 6.45) is 1.65. The van der Waals surface area contributed by atoms with E-state index in [0.29, 0.717) is 45.4 Å². The second-order valence-corrected chi connectivity index (χ2v) is 6.66. The molecule has 27 heavy (non-hydrogen) atoms. The Morgan fingerprint density at radius 2 is 2.15 bits per heavy atom. The summed E-state index contributed by atoms with van der Waals surface area (Å²) >= 11 is 11.9. The van der Waals surface area contributed by atoms with Crippen molar-refractivity contribution in [2.45, 2.75) is 26.7 Å². The predicted octanol–water partition coefficient (Wildman–Crippen LogP) is 4.45. The summed E-state index contributed by atoms with van der Waals surface area (Å²) in [5.74, 6) is 1.01. The molecule has 0 atom stereocenters. The third-order valence-corrected chi connectivity index (χ3v) is 4.81. The summed E-state index contributed by atoms with van der Waals surface area (Å²) in [6, 6.07) is 5.39. The maximum absolute atomic E-state index is 12.7. The Morgan fingerprint density at radius 3 is 2.81 bits per heavy atom. The summed E-state index contributed by atoms with van der Waals surface area (Å²) in [4.78, 5) is 20.2. The lowest BCUT2D eigenvalue weighted by atomic mass is 10.1. The Morgan fingerprint density at radius 1 is 1.37 bits per heavy atom. The van der Waals surface area contributed by atoms with Gasteiger partial charge < -0.3 is 9.72 Å². The van der Waals surface area contributed by atoms with Gasteiger partial charge in [0.25, 0.3) is 5.56 Å². The molecule has 1 N–H and O–H groups in total. The molecular weight excluding hydrogens is 387 g/mol. The number of aromatic amines is 1. The van der Waals surface area contributed by atoms with Crippen LogP contribution in [0, 0.1) is 0 Å². The molecule has 0 spiro atoms. The molecule has 0 saturated carbocycles. The van der Waals surface area contributed by atoms with Gasteiger partial charge in [-0.25, -0.2) is 4.98 Å². The first-order valence-corrected chi connectivity index (χ1v) is 9.50. The molecule has 0 fully saturated rings. The SMILES string of the molecule is CCCc1nn(C)c2c(=O)[nH]c(-c3cc(C(Cl)=CCl)ccc3OCC)nc12. The van der Waals surface area contributed by atoms with Crippen LogP contribution in [0.2, 0.25) is 0 Å². The van der Waals surface area contributed by atoms with Gasteiger partial charge in [-0.05, 0) is 37.1 Å². The van der Waals surface area contributed by atoms with Gasteiger partial charge in [-0.15, -0.1) is 0 Å². The van der Waals surface area contributed by atoms with Gasteiger partial charge in [0.15, 0.2) is 5.52 Å². The van der Waals surface area contributed by atoms with Gasteiger partial charge in [0.1, 0.15) is 17.1 Å². The molecule has 2 heterocycles. The van der Waals surface area contributed by atoms with E-state index >= 15 is 0 Å². The standard InChI is InChI=1S/C19H20Cl2N4O2/c1-4-6-14-16-17(25(3)24-14)19(26)23-18(22-16)12-9-11(13(21)10-20)7-8-15(12)27-5-2/h7-10H,4-6H2,1-3H3,(H,22,23,26). The topological polar surface area (TPSA) is 72.8 Å². The van der Waals surface area contributed by atoms with Gasteiger partial charge in [0, 0.05) is 12.6 Å². The highest BCUT2D eigenvalue weighted by atomic mass is 35.5. The van der Waals surface area contributed by atoms with Crippen molar-refractivity contribution in [3.8, 4) is 17.1 Å². The fourth-order valence-electron chi connectivity index (χ4n) is 2.99. The van der Waals surface area contributed by atoms with E-state index in [2.05, 4.69) is 17.0 Å². The van der Waals surface area contributed by atoms with E-state index in [-0.39, 0.29) is 5.56 Å². The molecule has 1 aromatic carbocycles. The fraction of sp³-hybridized carbons (Fsp3) is 0.316. The van der Waals surface area contributed by atoms with Crippen LogP contribution < -0.4 is 10.3 Å². The maximum Gasteiger partial charge on any atom is 0.277 e. The zero-order valence-corrected chi connectivity index (χ0v) is 16.9. The smallest absolute Gasteiger partial charge is 0.277 e. The van der Waals surface area contributed by atoms with E-state index in [0.717, 1.165) is 18.5 Å². The fourth-order valence-corrected chi connectivity index (χ4v) is 3.23. The minimum atomic E-state index is -0.251. The number of aryl methyl sites for hydroxylation is 2. The molecule has 142 valence electrons. The van der Waals surface area contributed by atoms with Crippen molar-refractivity contribution in [1.82, 2.24) is 19.7 Å². The number of nitrogens with zero attached hydrogens (tertiary/aromatic N) is 3. The van der Waals surface area contributed by atoms with Crippen LogP contribution in [0.5, 0.6) is 5.75 Å². The van der Waals surface area contributed by atoms with E-state index in [9.17, 15) is 4.79 Å². The van der Waals surface area contributed by atoms with Gasteiger partial charge in [0.05, 0.1) is 22.9 Å². The zero-order chi connectivity index (χ0) is 19.6. The molecule has 0 aliphatic heterocycles. The largest absolute Gasteiger partial charge is 0.493 e. The van der Waals surface area contributed by atoms with Gasteiger partial charge in [-0.3, -0.25) is 9.48 Å². The number of rotatable bonds is 6. The number of hydrogen-bond acceptors (Lipinski definition) is 4. The van der Waals surface area contributed by atoms with E-state index in [1.54, 1.807) is 29.9 Å². The van der Waals surface area contributed by atoms with Crippen molar-refractivity contribution in [2.24, 2.45) is 7.05 Å². The number of fused-ring (bicyclic) bond motifs is 1. The van der Waals surface area contributed by atoms with Crippen LogP contribution in [0.3, 0.4) is 0 Å². The molecular formula is C19H20Cl2N4O2. The van der Waals surface area contributed by atoms with E-state index < -0.39 is 0 Å². The lowest BCUT2D eigenvalue weighted by molar-refractivity contribution is 0.341. The highest BCUT2D eigenvalue weighted by Crippen LogP contribution is 2.33.